The number of terminal acetylenes is 1. The summed E-state index contributed by atoms with van der Waals surface area (Å²) in [5, 5.41) is 8.53. The standard InChI is InChI=1S/C16H27NO2/c1-2-8-15-10-13-17(14-11-15)12-7-5-3-4-6-9-16(18)19/h1,15H,3-14H2,(H,18,19). The van der Waals surface area contributed by atoms with Gasteiger partial charge in [-0.25, -0.2) is 0 Å². The van der Waals surface area contributed by atoms with E-state index in [2.05, 4.69) is 10.8 Å². The van der Waals surface area contributed by atoms with Crippen LogP contribution in [0.2, 0.25) is 0 Å². The molecule has 0 unspecified atom stereocenters. The van der Waals surface area contributed by atoms with Gasteiger partial charge in [0.05, 0.1) is 0 Å². The molecule has 1 aliphatic rings. The number of unbranched alkanes of at least 4 members (excludes halogenated alkanes) is 4. The first-order chi connectivity index (χ1) is 9.22. The third kappa shape index (κ3) is 7.89. The van der Waals surface area contributed by atoms with Crippen LogP contribution in [0.5, 0.6) is 0 Å². The van der Waals surface area contributed by atoms with Gasteiger partial charge in [-0.05, 0) is 51.2 Å². The first-order valence-corrected chi connectivity index (χ1v) is 7.60. The smallest absolute Gasteiger partial charge is 0.303 e. The summed E-state index contributed by atoms with van der Waals surface area (Å²) in [7, 11) is 0. The summed E-state index contributed by atoms with van der Waals surface area (Å²) < 4.78 is 0. The normalized spacial score (nSPS) is 17.2. The minimum atomic E-state index is -0.671. The lowest BCUT2D eigenvalue weighted by Gasteiger charge is -2.31. The Morgan fingerprint density at radius 2 is 1.79 bits per heavy atom. The van der Waals surface area contributed by atoms with E-state index in [-0.39, 0.29) is 0 Å². The Bertz CT molecular complexity index is 288. The molecule has 0 aromatic heterocycles. The van der Waals surface area contributed by atoms with Crippen molar-refractivity contribution in [3.8, 4) is 12.3 Å². The molecule has 1 fully saturated rings. The summed E-state index contributed by atoms with van der Waals surface area (Å²) in [4.78, 5) is 12.9. The molecule has 0 amide bonds. The van der Waals surface area contributed by atoms with E-state index in [0.29, 0.717) is 6.42 Å². The van der Waals surface area contributed by atoms with Gasteiger partial charge in [-0.1, -0.05) is 19.3 Å². The summed E-state index contributed by atoms with van der Waals surface area (Å²) in [5.41, 5.74) is 0. The molecule has 1 saturated heterocycles. The van der Waals surface area contributed by atoms with Gasteiger partial charge >= 0.3 is 5.97 Å². The van der Waals surface area contributed by atoms with Crippen LogP contribution in [-0.2, 0) is 4.79 Å². The number of likely N-dealkylation sites (tertiary alicyclic amines) is 1. The van der Waals surface area contributed by atoms with Crippen molar-refractivity contribution >= 4 is 5.97 Å². The van der Waals surface area contributed by atoms with Gasteiger partial charge in [-0.15, -0.1) is 12.3 Å². The molecule has 108 valence electrons. The van der Waals surface area contributed by atoms with E-state index in [1.54, 1.807) is 0 Å². The first kappa shape index (κ1) is 16.0. The van der Waals surface area contributed by atoms with Crippen LogP contribution in [0.25, 0.3) is 0 Å². The molecule has 0 aromatic carbocycles. The molecule has 0 atom stereocenters. The third-order valence-electron chi connectivity index (χ3n) is 3.98. The highest BCUT2D eigenvalue weighted by Gasteiger charge is 2.17. The van der Waals surface area contributed by atoms with E-state index >= 15 is 0 Å². The van der Waals surface area contributed by atoms with Crippen molar-refractivity contribution in [1.29, 1.82) is 0 Å². The number of piperidine rings is 1. The van der Waals surface area contributed by atoms with Crippen molar-refractivity contribution in [2.24, 2.45) is 5.92 Å². The summed E-state index contributed by atoms with van der Waals surface area (Å²) in [6.45, 7) is 3.60. The van der Waals surface area contributed by atoms with E-state index in [4.69, 9.17) is 11.5 Å². The summed E-state index contributed by atoms with van der Waals surface area (Å²) >= 11 is 0. The predicted molar refractivity (Wildman–Crippen MR) is 78.0 cm³/mol. The number of nitrogens with zero attached hydrogens (tertiary/aromatic N) is 1. The molecule has 3 heteroatoms. The van der Waals surface area contributed by atoms with Crippen molar-refractivity contribution in [2.45, 2.75) is 57.8 Å². The molecule has 0 radical (unpaired) electrons. The van der Waals surface area contributed by atoms with Gasteiger partial charge < -0.3 is 10.0 Å². The van der Waals surface area contributed by atoms with Gasteiger partial charge in [0.2, 0.25) is 0 Å². The minimum Gasteiger partial charge on any atom is -0.481 e. The first-order valence-electron chi connectivity index (χ1n) is 7.60. The zero-order valence-corrected chi connectivity index (χ0v) is 11.9. The maximum absolute atomic E-state index is 10.3. The number of carboxylic acid groups (broad SMARTS) is 1. The van der Waals surface area contributed by atoms with Crippen molar-refractivity contribution in [3.63, 3.8) is 0 Å². The number of hydrogen-bond acceptors (Lipinski definition) is 2. The second-order valence-corrected chi connectivity index (χ2v) is 5.60. The van der Waals surface area contributed by atoms with Gasteiger partial charge in [0.1, 0.15) is 0 Å². The molecule has 19 heavy (non-hydrogen) atoms. The zero-order valence-electron chi connectivity index (χ0n) is 11.9. The van der Waals surface area contributed by atoms with Crippen molar-refractivity contribution in [2.75, 3.05) is 19.6 Å². The molecule has 0 aliphatic carbocycles. The minimum absolute atomic E-state index is 0.322. The van der Waals surface area contributed by atoms with Crippen LogP contribution < -0.4 is 0 Å². The lowest BCUT2D eigenvalue weighted by Crippen LogP contribution is -2.34. The summed E-state index contributed by atoms with van der Waals surface area (Å²) in [6, 6.07) is 0. The van der Waals surface area contributed by atoms with Crippen LogP contribution >= 0.6 is 0 Å². The zero-order chi connectivity index (χ0) is 13.9. The van der Waals surface area contributed by atoms with Gasteiger partial charge in [0, 0.05) is 12.8 Å². The number of carboxylic acids is 1. The molecule has 1 rings (SSSR count). The second-order valence-electron chi connectivity index (χ2n) is 5.60. The number of aliphatic carboxylic acids is 1. The molecule has 1 heterocycles. The van der Waals surface area contributed by atoms with E-state index in [1.807, 2.05) is 0 Å². The number of rotatable bonds is 9. The maximum Gasteiger partial charge on any atom is 0.303 e. The van der Waals surface area contributed by atoms with Gasteiger partial charge in [-0.3, -0.25) is 4.79 Å². The molecule has 0 spiro atoms. The molecule has 1 aliphatic heterocycles. The largest absolute Gasteiger partial charge is 0.481 e. The van der Waals surface area contributed by atoms with Crippen molar-refractivity contribution < 1.29 is 9.90 Å². The van der Waals surface area contributed by atoms with E-state index < -0.39 is 5.97 Å². The van der Waals surface area contributed by atoms with Crippen molar-refractivity contribution in [3.05, 3.63) is 0 Å². The molecular weight excluding hydrogens is 238 g/mol. The third-order valence-corrected chi connectivity index (χ3v) is 3.98. The molecule has 0 aromatic rings. The SMILES string of the molecule is C#CCC1CCN(CCCCCCCC(=O)O)CC1. The quantitative estimate of drug-likeness (QED) is 0.514. The van der Waals surface area contributed by atoms with Gasteiger partial charge in [0.25, 0.3) is 0 Å². The Hall–Kier alpha value is -1.01. The fourth-order valence-electron chi connectivity index (χ4n) is 2.72. The highest BCUT2D eigenvalue weighted by atomic mass is 16.4. The van der Waals surface area contributed by atoms with Crippen LogP contribution in [-0.4, -0.2) is 35.6 Å². The average molecular weight is 265 g/mol. The van der Waals surface area contributed by atoms with E-state index in [0.717, 1.165) is 25.2 Å². The van der Waals surface area contributed by atoms with Gasteiger partial charge in [-0.2, -0.15) is 0 Å². The highest BCUT2D eigenvalue weighted by molar-refractivity contribution is 5.66. The van der Waals surface area contributed by atoms with Crippen molar-refractivity contribution in [1.82, 2.24) is 4.90 Å². The van der Waals surface area contributed by atoms with Crippen LogP contribution in [0.1, 0.15) is 57.8 Å². The Kier molecular flexibility index (Phi) is 8.33. The number of carbonyl (C=O) groups is 1. The van der Waals surface area contributed by atoms with Crippen LogP contribution in [0.15, 0.2) is 0 Å². The maximum atomic E-state index is 10.3. The fourth-order valence-corrected chi connectivity index (χ4v) is 2.72. The highest BCUT2D eigenvalue weighted by Crippen LogP contribution is 2.20. The molecule has 0 saturated carbocycles. The van der Waals surface area contributed by atoms with E-state index in [1.165, 1.54) is 51.7 Å². The molecular formula is C16H27NO2. The lowest BCUT2D eigenvalue weighted by atomic mass is 9.94. The Morgan fingerprint density at radius 3 is 2.42 bits per heavy atom. The molecule has 3 nitrogen and oxygen atoms in total. The number of hydrogen-bond donors (Lipinski definition) is 1. The second kappa shape index (κ2) is 9.86. The van der Waals surface area contributed by atoms with Crippen LogP contribution in [0.4, 0.5) is 0 Å². The fraction of sp³-hybridized carbons (Fsp3) is 0.812. The Labute approximate surface area is 117 Å². The van der Waals surface area contributed by atoms with Gasteiger partial charge in [0.15, 0.2) is 0 Å². The van der Waals surface area contributed by atoms with Crippen LogP contribution in [0, 0.1) is 18.3 Å². The summed E-state index contributed by atoms with van der Waals surface area (Å²) in [5.74, 6) is 2.85. The summed E-state index contributed by atoms with van der Waals surface area (Å²) in [6.07, 6.45) is 14.6. The predicted octanol–water partition coefficient (Wildman–Crippen LogP) is 3.15. The average Bonchev–Trinajstić information content (AvgIpc) is 2.39. The molecule has 1 N–H and O–H groups in total. The molecule has 0 bridgehead atoms. The van der Waals surface area contributed by atoms with E-state index in [9.17, 15) is 4.79 Å². The lowest BCUT2D eigenvalue weighted by molar-refractivity contribution is -0.137. The Balaban J connectivity index is 1.91. The monoisotopic (exact) mass is 265 g/mol. The topological polar surface area (TPSA) is 40.5 Å². The van der Waals surface area contributed by atoms with Crippen LogP contribution in [0.3, 0.4) is 0 Å². The Morgan fingerprint density at radius 1 is 1.16 bits per heavy atom.